The fourth-order valence-electron chi connectivity index (χ4n) is 0.945. The lowest BCUT2D eigenvalue weighted by molar-refractivity contribution is 0.0942. The van der Waals surface area contributed by atoms with Gasteiger partial charge in [-0.25, -0.2) is 0 Å². The van der Waals surface area contributed by atoms with Crippen molar-refractivity contribution in [1.29, 1.82) is 0 Å². The number of alkyl halides is 5. The molecule has 72 valence electrons. The molecule has 1 rings (SSSR count). The van der Waals surface area contributed by atoms with E-state index in [0.29, 0.717) is 0 Å². The summed E-state index contributed by atoms with van der Waals surface area (Å²) in [6.45, 7) is 0. The summed E-state index contributed by atoms with van der Waals surface area (Å²) in [7, 11) is 0. The van der Waals surface area contributed by atoms with Gasteiger partial charge in [-0.2, -0.15) is 8.78 Å². The zero-order valence-corrected chi connectivity index (χ0v) is 8.54. The molecular formula is C8H5Cl3F2. The second kappa shape index (κ2) is 3.99. The quantitative estimate of drug-likeness (QED) is 0.675. The van der Waals surface area contributed by atoms with Crippen molar-refractivity contribution >= 4 is 34.8 Å². The Bertz CT molecular complexity index is 294. The first-order chi connectivity index (χ1) is 5.93. The molecule has 0 nitrogen and oxygen atoms in total. The number of benzene rings is 1. The van der Waals surface area contributed by atoms with E-state index in [2.05, 4.69) is 0 Å². The maximum Gasteiger partial charge on any atom is 0.348 e. The number of rotatable bonds is 2. The molecule has 0 fully saturated rings. The predicted molar refractivity (Wildman–Crippen MR) is 50.6 cm³/mol. The minimum absolute atomic E-state index is 0.130. The van der Waals surface area contributed by atoms with Crippen molar-refractivity contribution in [3.8, 4) is 0 Å². The molecule has 0 atom stereocenters. The zero-order chi connectivity index (χ0) is 10.1. The van der Waals surface area contributed by atoms with Gasteiger partial charge in [0, 0.05) is 5.56 Å². The largest absolute Gasteiger partial charge is 0.348 e. The highest BCUT2D eigenvalue weighted by Gasteiger charge is 2.31. The van der Waals surface area contributed by atoms with Gasteiger partial charge in [0.15, 0.2) is 0 Å². The smallest absolute Gasteiger partial charge is 0.183 e. The Morgan fingerprint density at radius 3 is 2.08 bits per heavy atom. The van der Waals surface area contributed by atoms with Crippen molar-refractivity contribution in [1.82, 2.24) is 0 Å². The lowest BCUT2D eigenvalue weighted by atomic mass is 10.1. The number of hydrogen-bond donors (Lipinski definition) is 0. The van der Waals surface area contributed by atoms with Gasteiger partial charge in [-0.1, -0.05) is 24.3 Å². The maximum atomic E-state index is 12.7. The summed E-state index contributed by atoms with van der Waals surface area (Å²) in [5, 5.41) is -3.43. The summed E-state index contributed by atoms with van der Waals surface area (Å²) in [6.07, 6.45) is 0. The summed E-state index contributed by atoms with van der Waals surface area (Å²) in [4.78, 5) is -0.999. The summed E-state index contributed by atoms with van der Waals surface area (Å²) in [5.41, 5.74) is -0.225. The van der Waals surface area contributed by atoms with Crippen LogP contribution in [0.25, 0.3) is 0 Å². The van der Waals surface area contributed by atoms with Crippen LogP contribution in [0.5, 0.6) is 0 Å². The minimum atomic E-state index is -3.43. The second-order valence-electron chi connectivity index (χ2n) is 2.39. The Kier molecular flexibility index (Phi) is 3.38. The molecule has 1 aromatic rings. The van der Waals surface area contributed by atoms with E-state index >= 15 is 0 Å². The van der Waals surface area contributed by atoms with Crippen LogP contribution >= 0.6 is 34.8 Å². The lowest BCUT2D eigenvalue weighted by Crippen LogP contribution is -2.07. The summed E-state index contributed by atoms with van der Waals surface area (Å²) in [6, 6.07) is 5.63. The molecule has 0 spiro atoms. The fraction of sp³-hybridized carbons (Fsp3) is 0.250. The van der Waals surface area contributed by atoms with E-state index in [9.17, 15) is 8.78 Å². The van der Waals surface area contributed by atoms with Gasteiger partial charge in [0.1, 0.15) is 4.84 Å². The van der Waals surface area contributed by atoms with Crippen molar-refractivity contribution in [2.24, 2.45) is 0 Å². The molecule has 0 unspecified atom stereocenters. The van der Waals surface area contributed by atoms with Gasteiger partial charge in [-0.3, -0.25) is 0 Å². The Balaban J connectivity index is 3.20. The first kappa shape index (κ1) is 11.0. The van der Waals surface area contributed by atoms with Crippen LogP contribution < -0.4 is 0 Å². The molecule has 0 saturated carbocycles. The summed E-state index contributed by atoms with van der Waals surface area (Å²) in [5.74, 6) is 0. The van der Waals surface area contributed by atoms with Gasteiger partial charge in [0.05, 0.1) is 0 Å². The first-order valence-electron chi connectivity index (χ1n) is 3.37. The van der Waals surface area contributed by atoms with Crippen LogP contribution in [0.15, 0.2) is 24.3 Å². The van der Waals surface area contributed by atoms with Gasteiger partial charge >= 0.3 is 5.38 Å². The molecule has 0 aromatic heterocycles. The number of hydrogen-bond acceptors (Lipinski definition) is 0. The molecule has 0 amide bonds. The summed E-state index contributed by atoms with van der Waals surface area (Å²) < 4.78 is 25.4. The molecular weight excluding hydrogens is 240 g/mol. The van der Waals surface area contributed by atoms with E-state index in [1.54, 1.807) is 6.07 Å². The van der Waals surface area contributed by atoms with Gasteiger partial charge in [0.25, 0.3) is 0 Å². The van der Waals surface area contributed by atoms with E-state index in [4.69, 9.17) is 34.8 Å². The third-order valence-electron chi connectivity index (χ3n) is 1.50. The molecule has 0 aliphatic carbocycles. The average Bonchev–Trinajstić information content (AvgIpc) is 2.03. The highest BCUT2D eigenvalue weighted by molar-refractivity contribution is 6.44. The molecule has 0 radical (unpaired) electrons. The average molecular weight is 245 g/mol. The summed E-state index contributed by atoms with van der Waals surface area (Å²) >= 11 is 15.8. The van der Waals surface area contributed by atoms with Crippen molar-refractivity contribution in [2.75, 3.05) is 0 Å². The molecule has 0 saturated heterocycles. The normalized spacial score (nSPS) is 12.2. The first-order valence-corrected chi connectivity index (χ1v) is 4.62. The van der Waals surface area contributed by atoms with Crippen LogP contribution in [-0.4, -0.2) is 0 Å². The standard InChI is InChI=1S/C8H5Cl3F2/c9-7(10)5-3-1-2-4-6(5)8(11,12)13/h1-4,7H. The highest BCUT2D eigenvalue weighted by atomic mass is 35.5. The van der Waals surface area contributed by atoms with E-state index in [-0.39, 0.29) is 11.1 Å². The molecule has 0 aliphatic rings. The topological polar surface area (TPSA) is 0 Å². The van der Waals surface area contributed by atoms with E-state index in [1.807, 2.05) is 0 Å². The van der Waals surface area contributed by atoms with Crippen LogP contribution in [-0.2, 0) is 5.38 Å². The molecule has 0 aliphatic heterocycles. The van der Waals surface area contributed by atoms with Crippen LogP contribution in [0, 0.1) is 0 Å². The molecule has 0 N–H and O–H groups in total. The molecule has 5 heteroatoms. The van der Waals surface area contributed by atoms with E-state index in [1.165, 1.54) is 18.2 Å². The van der Waals surface area contributed by atoms with Gasteiger partial charge in [-0.15, -0.1) is 23.2 Å². The molecule has 13 heavy (non-hydrogen) atoms. The van der Waals surface area contributed by atoms with Gasteiger partial charge in [-0.05, 0) is 17.2 Å². The minimum Gasteiger partial charge on any atom is -0.183 e. The van der Waals surface area contributed by atoms with Crippen LogP contribution in [0.3, 0.4) is 0 Å². The van der Waals surface area contributed by atoms with Gasteiger partial charge < -0.3 is 0 Å². The monoisotopic (exact) mass is 244 g/mol. The van der Waals surface area contributed by atoms with Gasteiger partial charge in [0.2, 0.25) is 0 Å². The predicted octanol–water partition coefficient (Wildman–Crippen LogP) is 4.45. The Hall–Kier alpha value is -0.0500. The third kappa shape index (κ3) is 2.70. The fourth-order valence-corrected chi connectivity index (χ4v) is 1.50. The Morgan fingerprint density at radius 2 is 1.69 bits per heavy atom. The van der Waals surface area contributed by atoms with E-state index < -0.39 is 10.2 Å². The Morgan fingerprint density at radius 1 is 1.15 bits per heavy atom. The lowest BCUT2D eigenvalue weighted by Gasteiger charge is -2.13. The third-order valence-corrected chi connectivity index (χ3v) is 2.18. The molecule has 0 bridgehead atoms. The zero-order valence-electron chi connectivity index (χ0n) is 6.28. The second-order valence-corrected chi connectivity index (χ2v) is 3.96. The Labute approximate surface area is 89.4 Å². The van der Waals surface area contributed by atoms with Crippen molar-refractivity contribution in [3.05, 3.63) is 35.4 Å². The SMILES string of the molecule is FC(F)(Cl)c1ccccc1C(Cl)Cl. The van der Waals surface area contributed by atoms with Crippen LogP contribution in [0.2, 0.25) is 0 Å². The van der Waals surface area contributed by atoms with Crippen LogP contribution in [0.4, 0.5) is 8.78 Å². The van der Waals surface area contributed by atoms with Crippen molar-refractivity contribution in [3.63, 3.8) is 0 Å². The van der Waals surface area contributed by atoms with Crippen molar-refractivity contribution < 1.29 is 8.78 Å². The van der Waals surface area contributed by atoms with E-state index in [0.717, 1.165) is 0 Å². The molecule has 1 aromatic carbocycles. The maximum absolute atomic E-state index is 12.7. The number of halogens is 5. The van der Waals surface area contributed by atoms with Crippen LogP contribution in [0.1, 0.15) is 16.0 Å². The molecule has 0 heterocycles. The van der Waals surface area contributed by atoms with Crippen molar-refractivity contribution in [2.45, 2.75) is 10.2 Å². The highest BCUT2D eigenvalue weighted by Crippen LogP contribution is 2.39.